The van der Waals surface area contributed by atoms with Crippen LogP contribution in [0.25, 0.3) is 0 Å². The second-order valence-corrected chi connectivity index (χ2v) is 13.7. The SMILES string of the molecule is CC(C)CCC[C@@H](C)[C@H]1CC[C@H]2[C@@H]3CC[C@@H]4[C@](C)(CC[C@H](O)[C@@]4(C)C(=O)O)[C@H]3CC[C@]12C. The van der Waals surface area contributed by atoms with Gasteiger partial charge in [0.15, 0.2) is 0 Å². The normalized spacial score (nSPS) is 49.2. The van der Waals surface area contributed by atoms with Crippen LogP contribution < -0.4 is 0 Å². The maximum atomic E-state index is 12.4. The molecule has 4 rings (SSSR count). The van der Waals surface area contributed by atoms with Crippen molar-refractivity contribution >= 4 is 5.97 Å². The predicted molar refractivity (Wildman–Crippen MR) is 130 cm³/mol. The molecule has 10 atom stereocenters. The Morgan fingerprint density at radius 3 is 2.19 bits per heavy atom. The quantitative estimate of drug-likeness (QED) is 0.455. The van der Waals surface area contributed by atoms with Gasteiger partial charge >= 0.3 is 5.97 Å². The molecule has 32 heavy (non-hydrogen) atoms. The highest BCUT2D eigenvalue weighted by Gasteiger charge is 2.65. The highest BCUT2D eigenvalue weighted by Crippen LogP contribution is 2.70. The van der Waals surface area contributed by atoms with Gasteiger partial charge in [0.25, 0.3) is 0 Å². The van der Waals surface area contributed by atoms with Gasteiger partial charge in [-0.3, -0.25) is 4.79 Å². The van der Waals surface area contributed by atoms with Crippen molar-refractivity contribution in [3.05, 3.63) is 0 Å². The fraction of sp³-hybridized carbons (Fsp3) is 0.966. The van der Waals surface area contributed by atoms with Crippen LogP contribution in [0, 0.1) is 57.7 Å². The molecular weight excluding hydrogens is 396 g/mol. The third-order valence-electron chi connectivity index (χ3n) is 11.9. The van der Waals surface area contributed by atoms with E-state index in [1.807, 2.05) is 6.92 Å². The largest absolute Gasteiger partial charge is 0.481 e. The zero-order valence-corrected chi connectivity index (χ0v) is 21.7. The minimum absolute atomic E-state index is 0.0670. The average molecular weight is 447 g/mol. The molecule has 4 aliphatic rings. The Morgan fingerprint density at radius 1 is 0.875 bits per heavy atom. The standard InChI is InChI=1S/C29H50O3/c1-18(2)8-7-9-19(3)21-11-12-22-20-10-13-24-28(5,23(20)14-16-27(21,22)4)17-15-25(30)29(24,6)26(31)32/h18-25,30H,7-17H2,1-6H3,(H,31,32)/t19-,20+,21-,22+,23+,24-,25+,27-,28-,29+/m1/s1. The molecule has 4 aliphatic carbocycles. The zero-order chi connectivity index (χ0) is 23.5. The number of carbonyl (C=O) groups is 1. The summed E-state index contributed by atoms with van der Waals surface area (Å²) in [5.41, 5.74) is -0.439. The van der Waals surface area contributed by atoms with Gasteiger partial charge in [-0.05, 0) is 111 Å². The molecule has 0 aromatic carbocycles. The van der Waals surface area contributed by atoms with E-state index in [2.05, 4.69) is 34.6 Å². The van der Waals surface area contributed by atoms with Crippen molar-refractivity contribution < 1.29 is 15.0 Å². The Labute approximate surface area is 197 Å². The van der Waals surface area contributed by atoms with Crippen LogP contribution in [0.15, 0.2) is 0 Å². The van der Waals surface area contributed by atoms with E-state index in [9.17, 15) is 15.0 Å². The van der Waals surface area contributed by atoms with E-state index in [1.54, 1.807) is 0 Å². The van der Waals surface area contributed by atoms with Gasteiger partial charge in [0.05, 0.1) is 11.5 Å². The van der Waals surface area contributed by atoms with Crippen molar-refractivity contribution in [3.8, 4) is 0 Å². The number of hydrogen-bond acceptors (Lipinski definition) is 2. The molecular formula is C29H50O3. The number of fused-ring (bicyclic) bond motifs is 5. The van der Waals surface area contributed by atoms with E-state index < -0.39 is 17.5 Å². The molecule has 0 aromatic heterocycles. The van der Waals surface area contributed by atoms with Crippen molar-refractivity contribution in [2.24, 2.45) is 57.7 Å². The lowest BCUT2D eigenvalue weighted by Gasteiger charge is -2.64. The molecule has 0 heterocycles. The molecule has 0 radical (unpaired) electrons. The lowest BCUT2D eigenvalue weighted by Crippen LogP contribution is -2.62. The van der Waals surface area contributed by atoms with Crippen molar-refractivity contribution in [2.45, 2.75) is 118 Å². The van der Waals surface area contributed by atoms with Crippen molar-refractivity contribution in [1.29, 1.82) is 0 Å². The average Bonchev–Trinajstić information content (AvgIpc) is 3.08. The topological polar surface area (TPSA) is 57.5 Å². The van der Waals surface area contributed by atoms with Gasteiger partial charge in [0.2, 0.25) is 0 Å². The smallest absolute Gasteiger partial charge is 0.312 e. The zero-order valence-electron chi connectivity index (χ0n) is 21.7. The van der Waals surface area contributed by atoms with E-state index in [1.165, 1.54) is 51.4 Å². The van der Waals surface area contributed by atoms with Crippen LogP contribution in [0.5, 0.6) is 0 Å². The number of carboxylic acids is 1. The van der Waals surface area contributed by atoms with Crippen LogP contribution in [-0.4, -0.2) is 22.3 Å². The minimum atomic E-state index is -0.984. The second-order valence-electron chi connectivity index (χ2n) is 13.7. The summed E-state index contributed by atoms with van der Waals surface area (Å²) >= 11 is 0. The summed E-state index contributed by atoms with van der Waals surface area (Å²) in [5.74, 6) is 4.04. The maximum absolute atomic E-state index is 12.4. The fourth-order valence-electron chi connectivity index (χ4n) is 10.1. The molecule has 0 unspecified atom stereocenters. The van der Waals surface area contributed by atoms with Crippen molar-refractivity contribution in [1.82, 2.24) is 0 Å². The summed E-state index contributed by atoms with van der Waals surface area (Å²) in [6.45, 7) is 14.1. The van der Waals surface area contributed by atoms with E-state index in [0.717, 1.165) is 42.4 Å². The fourth-order valence-corrected chi connectivity index (χ4v) is 10.1. The third-order valence-corrected chi connectivity index (χ3v) is 11.9. The summed E-state index contributed by atoms with van der Waals surface area (Å²) < 4.78 is 0. The lowest BCUT2D eigenvalue weighted by atomic mass is 9.40. The Balaban J connectivity index is 1.53. The Kier molecular flexibility index (Phi) is 6.58. The molecule has 4 fully saturated rings. The Bertz CT molecular complexity index is 703. The van der Waals surface area contributed by atoms with Crippen LogP contribution in [0.2, 0.25) is 0 Å². The van der Waals surface area contributed by atoms with Crippen LogP contribution in [0.3, 0.4) is 0 Å². The summed E-state index contributed by atoms with van der Waals surface area (Å²) in [5, 5.41) is 20.9. The second kappa shape index (κ2) is 8.58. The first-order chi connectivity index (χ1) is 15.0. The number of rotatable bonds is 6. The van der Waals surface area contributed by atoms with Gasteiger partial charge in [0, 0.05) is 0 Å². The first-order valence-corrected chi connectivity index (χ1v) is 13.9. The minimum Gasteiger partial charge on any atom is -0.481 e. The highest BCUT2D eigenvalue weighted by atomic mass is 16.4. The van der Waals surface area contributed by atoms with Crippen molar-refractivity contribution in [2.75, 3.05) is 0 Å². The summed E-state index contributed by atoms with van der Waals surface area (Å²) in [6.07, 6.45) is 12.6. The van der Waals surface area contributed by atoms with E-state index in [-0.39, 0.29) is 11.3 Å². The van der Waals surface area contributed by atoms with Gasteiger partial charge in [-0.15, -0.1) is 0 Å². The summed E-state index contributed by atoms with van der Waals surface area (Å²) in [4.78, 5) is 12.4. The summed E-state index contributed by atoms with van der Waals surface area (Å²) in [7, 11) is 0. The lowest BCUT2D eigenvalue weighted by molar-refractivity contribution is -0.202. The van der Waals surface area contributed by atoms with E-state index >= 15 is 0 Å². The molecule has 3 nitrogen and oxygen atoms in total. The molecule has 2 N–H and O–H groups in total. The van der Waals surface area contributed by atoms with Crippen LogP contribution >= 0.6 is 0 Å². The number of carboxylic acid groups (broad SMARTS) is 1. The molecule has 0 spiro atoms. The number of hydrogen-bond donors (Lipinski definition) is 2. The molecule has 3 heteroatoms. The van der Waals surface area contributed by atoms with Gasteiger partial charge < -0.3 is 10.2 Å². The first-order valence-electron chi connectivity index (χ1n) is 13.9. The maximum Gasteiger partial charge on any atom is 0.312 e. The van der Waals surface area contributed by atoms with Gasteiger partial charge in [-0.2, -0.15) is 0 Å². The van der Waals surface area contributed by atoms with E-state index in [4.69, 9.17) is 0 Å². The number of aliphatic carboxylic acids is 1. The molecule has 4 saturated carbocycles. The molecule has 0 aliphatic heterocycles. The van der Waals surface area contributed by atoms with Crippen molar-refractivity contribution in [3.63, 3.8) is 0 Å². The van der Waals surface area contributed by atoms with Crippen LogP contribution in [0.4, 0.5) is 0 Å². The Morgan fingerprint density at radius 2 is 1.53 bits per heavy atom. The van der Waals surface area contributed by atoms with E-state index in [0.29, 0.717) is 17.8 Å². The third kappa shape index (κ3) is 3.59. The number of aliphatic hydroxyl groups excluding tert-OH is 1. The number of aliphatic hydroxyl groups is 1. The van der Waals surface area contributed by atoms with Gasteiger partial charge in [-0.1, -0.05) is 53.9 Å². The van der Waals surface area contributed by atoms with Crippen LogP contribution in [-0.2, 0) is 4.79 Å². The first kappa shape index (κ1) is 24.6. The van der Waals surface area contributed by atoms with Gasteiger partial charge in [0.1, 0.15) is 0 Å². The molecule has 0 bridgehead atoms. The molecule has 0 amide bonds. The molecule has 0 aromatic rings. The molecule has 184 valence electrons. The Hall–Kier alpha value is -0.570. The highest BCUT2D eigenvalue weighted by molar-refractivity contribution is 5.76. The van der Waals surface area contributed by atoms with Gasteiger partial charge in [-0.25, -0.2) is 0 Å². The monoisotopic (exact) mass is 446 g/mol. The predicted octanol–water partition coefficient (Wildman–Crippen LogP) is 7.17. The molecule has 0 saturated heterocycles. The summed E-state index contributed by atoms with van der Waals surface area (Å²) in [6, 6.07) is 0. The van der Waals surface area contributed by atoms with Crippen LogP contribution in [0.1, 0.15) is 112 Å².